The fourth-order valence-electron chi connectivity index (χ4n) is 4.27. The van der Waals surface area contributed by atoms with Crippen LogP contribution < -0.4 is 5.32 Å². The summed E-state index contributed by atoms with van der Waals surface area (Å²) >= 11 is 0. The molecule has 2 fully saturated rings. The number of nitrogens with zero attached hydrogens (tertiary/aromatic N) is 1. The molecule has 1 unspecified atom stereocenters. The van der Waals surface area contributed by atoms with Crippen molar-refractivity contribution in [2.75, 3.05) is 32.7 Å². The summed E-state index contributed by atoms with van der Waals surface area (Å²) in [5.74, 6) is 1.71. The van der Waals surface area contributed by atoms with Crippen LogP contribution in [0.3, 0.4) is 0 Å². The highest BCUT2D eigenvalue weighted by Gasteiger charge is 2.33. The van der Waals surface area contributed by atoms with Crippen LogP contribution in [0.25, 0.3) is 0 Å². The van der Waals surface area contributed by atoms with E-state index < -0.39 is 0 Å². The Bertz CT molecular complexity index is 281. The molecule has 0 spiro atoms. The van der Waals surface area contributed by atoms with Crippen molar-refractivity contribution in [1.29, 1.82) is 0 Å². The fourth-order valence-corrected chi connectivity index (χ4v) is 4.27. The van der Waals surface area contributed by atoms with Gasteiger partial charge in [-0.2, -0.15) is 0 Å². The first kappa shape index (κ1) is 17.3. The Balaban J connectivity index is 1.88. The molecular weight excluding hydrogens is 256 g/mol. The SMILES string of the molecule is CC(C)CNCC1(CN2CCCC(C)CC2)CCCCC1. The third kappa shape index (κ3) is 5.90. The first-order valence-corrected chi connectivity index (χ1v) is 9.53. The van der Waals surface area contributed by atoms with E-state index in [0.717, 1.165) is 11.8 Å². The van der Waals surface area contributed by atoms with Crippen molar-refractivity contribution in [3.63, 3.8) is 0 Å². The summed E-state index contributed by atoms with van der Waals surface area (Å²) in [5, 5.41) is 3.78. The Morgan fingerprint density at radius 1 is 1.05 bits per heavy atom. The molecule has 2 aliphatic rings. The van der Waals surface area contributed by atoms with Gasteiger partial charge in [-0.3, -0.25) is 0 Å². The summed E-state index contributed by atoms with van der Waals surface area (Å²) in [6.07, 6.45) is 11.5. The smallest absolute Gasteiger partial charge is 0.00501 e. The average Bonchev–Trinajstić information content (AvgIpc) is 2.64. The van der Waals surface area contributed by atoms with Crippen molar-refractivity contribution in [2.24, 2.45) is 17.3 Å². The van der Waals surface area contributed by atoms with Gasteiger partial charge in [0.05, 0.1) is 0 Å². The van der Waals surface area contributed by atoms with E-state index in [-0.39, 0.29) is 0 Å². The molecule has 0 aromatic rings. The van der Waals surface area contributed by atoms with Crippen LogP contribution in [0, 0.1) is 17.3 Å². The lowest BCUT2D eigenvalue weighted by atomic mass is 9.73. The first-order valence-electron chi connectivity index (χ1n) is 9.53. The second-order valence-corrected chi connectivity index (χ2v) is 8.40. The molecule has 0 radical (unpaired) electrons. The van der Waals surface area contributed by atoms with Gasteiger partial charge in [0.1, 0.15) is 0 Å². The normalized spacial score (nSPS) is 27.7. The summed E-state index contributed by atoms with van der Waals surface area (Å²) in [7, 11) is 0. The van der Waals surface area contributed by atoms with Crippen LogP contribution >= 0.6 is 0 Å². The van der Waals surface area contributed by atoms with Gasteiger partial charge in [-0.1, -0.05) is 40.0 Å². The molecule has 1 saturated carbocycles. The minimum Gasteiger partial charge on any atom is -0.316 e. The Morgan fingerprint density at radius 2 is 1.81 bits per heavy atom. The molecular formula is C19H38N2. The van der Waals surface area contributed by atoms with Crippen LogP contribution in [-0.2, 0) is 0 Å². The molecule has 0 aromatic carbocycles. The van der Waals surface area contributed by atoms with E-state index >= 15 is 0 Å². The van der Waals surface area contributed by atoms with Gasteiger partial charge < -0.3 is 10.2 Å². The molecule has 1 aliphatic carbocycles. The van der Waals surface area contributed by atoms with Crippen LogP contribution in [0.15, 0.2) is 0 Å². The van der Waals surface area contributed by atoms with E-state index in [1.54, 1.807) is 0 Å². The predicted molar refractivity (Wildman–Crippen MR) is 92.7 cm³/mol. The van der Waals surface area contributed by atoms with E-state index in [9.17, 15) is 0 Å². The predicted octanol–water partition coefficient (Wildman–Crippen LogP) is 4.30. The van der Waals surface area contributed by atoms with E-state index in [1.807, 2.05) is 0 Å². The third-order valence-corrected chi connectivity index (χ3v) is 5.64. The molecule has 2 nitrogen and oxygen atoms in total. The van der Waals surface area contributed by atoms with Crippen LogP contribution in [0.2, 0.25) is 0 Å². The average molecular weight is 295 g/mol. The number of hydrogen-bond donors (Lipinski definition) is 1. The zero-order valence-electron chi connectivity index (χ0n) is 14.8. The maximum atomic E-state index is 3.78. The van der Waals surface area contributed by atoms with Gasteiger partial charge in [-0.25, -0.2) is 0 Å². The van der Waals surface area contributed by atoms with Crippen molar-refractivity contribution in [2.45, 2.75) is 72.1 Å². The second-order valence-electron chi connectivity index (χ2n) is 8.40. The Labute approximate surface area is 133 Å². The topological polar surface area (TPSA) is 15.3 Å². The monoisotopic (exact) mass is 294 g/mol. The van der Waals surface area contributed by atoms with E-state index in [0.29, 0.717) is 5.41 Å². The highest BCUT2D eigenvalue weighted by Crippen LogP contribution is 2.37. The molecule has 124 valence electrons. The van der Waals surface area contributed by atoms with Crippen molar-refractivity contribution in [3.05, 3.63) is 0 Å². The van der Waals surface area contributed by atoms with Crippen molar-refractivity contribution < 1.29 is 0 Å². The molecule has 21 heavy (non-hydrogen) atoms. The number of hydrogen-bond acceptors (Lipinski definition) is 2. The van der Waals surface area contributed by atoms with Gasteiger partial charge in [0.25, 0.3) is 0 Å². The molecule has 1 atom stereocenters. The van der Waals surface area contributed by atoms with E-state index in [4.69, 9.17) is 0 Å². The van der Waals surface area contributed by atoms with Crippen LogP contribution in [0.4, 0.5) is 0 Å². The van der Waals surface area contributed by atoms with Crippen LogP contribution in [0.5, 0.6) is 0 Å². The maximum absolute atomic E-state index is 3.78. The number of rotatable bonds is 6. The van der Waals surface area contributed by atoms with Crippen molar-refractivity contribution in [3.8, 4) is 0 Å². The van der Waals surface area contributed by atoms with E-state index in [1.165, 1.54) is 84.1 Å². The lowest BCUT2D eigenvalue weighted by molar-refractivity contribution is 0.103. The Kier molecular flexibility index (Phi) is 7.01. The number of nitrogens with one attached hydrogen (secondary N) is 1. The lowest BCUT2D eigenvalue weighted by Gasteiger charge is -2.41. The summed E-state index contributed by atoms with van der Waals surface area (Å²) in [5.41, 5.74) is 0.570. The quantitative estimate of drug-likeness (QED) is 0.785. The van der Waals surface area contributed by atoms with Gasteiger partial charge in [0.15, 0.2) is 0 Å². The Hall–Kier alpha value is -0.0800. The number of likely N-dealkylation sites (tertiary alicyclic amines) is 1. The molecule has 1 aliphatic heterocycles. The molecule has 0 bridgehead atoms. The van der Waals surface area contributed by atoms with Crippen molar-refractivity contribution in [1.82, 2.24) is 10.2 Å². The minimum absolute atomic E-state index is 0.570. The highest BCUT2D eigenvalue weighted by atomic mass is 15.1. The van der Waals surface area contributed by atoms with Crippen LogP contribution in [0.1, 0.15) is 72.1 Å². The summed E-state index contributed by atoms with van der Waals surface area (Å²) < 4.78 is 0. The van der Waals surface area contributed by atoms with Crippen molar-refractivity contribution >= 4 is 0 Å². The maximum Gasteiger partial charge on any atom is 0.00501 e. The highest BCUT2D eigenvalue weighted by molar-refractivity contribution is 4.88. The van der Waals surface area contributed by atoms with Crippen LogP contribution in [-0.4, -0.2) is 37.6 Å². The van der Waals surface area contributed by atoms with Gasteiger partial charge in [0.2, 0.25) is 0 Å². The zero-order chi connectivity index (χ0) is 15.1. The molecule has 0 amide bonds. The van der Waals surface area contributed by atoms with Gasteiger partial charge in [-0.05, 0) is 69.0 Å². The zero-order valence-corrected chi connectivity index (χ0v) is 14.8. The lowest BCUT2D eigenvalue weighted by Crippen LogP contribution is -2.46. The molecule has 1 heterocycles. The standard InChI is InChI=1S/C19H38N2/c1-17(2)14-20-15-19(10-5-4-6-11-19)16-21-12-7-8-18(3)9-13-21/h17-18,20H,4-16H2,1-3H3. The molecule has 0 aromatic heterocycles. The third-order valence-electron chi connectivity index (χ3n) is 5.64. The molecule has 2 heteroatoms. The first-order chi connectivity index (χ1) is 10.1. The molecule has 2 rings (SSSR count). The fraction of sp³-hybridized carbons (Fsp3) is 1.00. The van der Waals surface area contributed by atoms with Gasteiger partial charge in [0, 0.05) is 13.1 Å². The largest absolute Gasteiger partial charge is 0.316 e. The van der Waals surface area contributed by atoms with Gasteiger partial charge >= 0.3 is 0 Å². The van der Waals surface area contributed by atoms with Gasteiger partial charge in [-0.15, -0.1) is 0 Å². The second kappa shape index (κ2) is 8.53. The summed E-state index contributed by atoms with van der Waals surface area (Å²) in [6, 6.07) is 0. The molecule has 1 saturated heterocycles. The Morgan fingerprint density at radius 3 is 2.52 bits per heavy atom. The van der Waals surface area contributed by atoms with E-state index in [2.05, 4.69) is 31.0 Å². The summed E-state index contributed by atoms with van der Waals surface area (Å²) in [6.45, 7) is 13.5. The minimum atomic E-state index is 0.570. The molecule has 1 N–H and O–H groups in total. The summed E-state index contributed by atoms with van der Waals surface area (Å²) in [4.78, 5) is 2.80.